The van der Waals surface area contributed by atoms with Crippen LogP contribution in [0.4, 0.5) is 0 Å². The first-order chi connectivity index (χ1) is 18.1. The van der Waals surface area contributed by atoms with Gasteiger partial charge in [-0.2, -0.15) is 0 Å². The first-order valence-electron chi connectivity index (χ1n) is 12.5. The standard InChI is InChI=1S/C24H18N.C11H8N.Ir/c1-24(2)20-9-5-4-8-18(20)19-13-11-17(15-21(19)24)23-14-12-16-7-3-6-10-22(16)25-23;1-2-6-10(7-3-1)11-8-4-5-9-12-11;/h3-10,12-15H,1-2H3;1-6,8-9H;/q2*-1;. The van der Waals surface area contributed by atoms with E-state index in [1.54, 1.807) is 6.20 Å². The van der Waals surface area contributed by atoms with Gasteiger partial charge in [-0.15, -0.1) is 65.2 Å². The van der Waals surface area contributed by atoms with Crippen LogP contribution in [0.25, 0.3) is 44.5 Å². The number of rotatable bonds is 2. The van der Waals surface area contributed by atoms with Gasteiger partial charge in [0.15, 0.2) is 0 Å². The van der Waals surface area contributed by atoms with E-state index in [0.717, 1.165) is 28.0 Å². The maximum Gasteiger partial charge on any atom is 0.0595 e. The van der Waals surface area contributed by atoms with Gasteiger partial charge in [0.1, 0.15) is 0 Å². The second kappa shape index (κ2) is 10.8. The van der Waals surface area contributed by atoms with Crippen LogP contribution in [0.5, 0.6) is 0 Å². The molecule has 2 heterocycles. The Morgan fingerprint density at radius 2 is 1.42 bits per heavy atom. The molecular weight excluding hydrogens is 641 g/mol. The third-order valence-corrected chi connectivity index (χ3v) is 7.04. The molecule has 0 aliphatic heterocycles. The van der Waals surface area contributed by atoms with Gasteiger partial charge in [0.2, 0.25) is 0 Å². The fourth-order valence-corrected chi connectivity index (χ4v) is 5.08. The molecular formula is C35H26IrN2-2. The van der Waals surface area contributed by atoms with Gasteiger partial charge in [-0.25, -0.2) is 0 Å². The summed E-state index contributed by atoms with van der Waals surface area (Å²) in [5.74, 6) is 0. The van der Waals surface area contributed by atoms with Crippen LogP contribution in [-0.2, 0) is 25.5 Å². The molecule has 0 spiro atoms. The van der Waals surface area contributed by atoms with Crippen LogP contribution >= 0.6 is 0 Å². The van der Waals surface area contributed by atoms with Crippen molar-refractivity contribution in [1.82, 2.24) is 9.97 Å². The summed E-state index contributed by atoms with van der Waals surface area (Å²) < 4.78 is 0. The molecule has 1 aliphatic rings. The van der Waals surface area contributed by atoms with Crippen LogP contribution in [0.15, 0.2) is 121 Å². The second-order valence-electron chi connectivity index (χ2n) is 9.73. The van der Waals surface area contributed by atoms with Gasteiger partial charge in [0.05, 0.1) is 5.52 Å². The molecule has 2 nitrogen and oxygen atoms in total. The molecule has 0 unspecified atom stereocenters. The van der Waals surface area contributed by atoms with Crippen LogP contribution in [0.3, 0.4) is 0 Å². The van der Waals surface area contributed by atoms with Crippen molar-refractivity contribution in [2.75, 3.05) is 0 Å². The molecule has 0 N–H and O–H groups in total. The van der Waals surface area contributed by atoms with Crippen molar-refractivity contribution >= 4 is 10.9 Å². The zero-order valence-corrected chi connectivity index (χ0v) is 23.7. The first-order valence-corrected chi connectivity index (χ1v) is 12.5. The summed E-state index contributed by atoms with van der Waals surface area (Å²) in [6, 6.07) is 45.8. The molecule has 38 heavy (non-hydrogen) atoms. The summed E-state index contributed by atoms with van der Waals surface area (Å²) in [5.41, 5.74) is 10.5. The van der Waals surface area contributed by atoms with Crippen LogP contribution in [0.1, 0.15) is 25.0 Å². The summed E-state index contributed by atoms with van der Waals surface area (Å²) in [5, 5.41) is 1.17. The summed E-state index contributed by atoms with van der Waals surface area (Å²) in [4.78, 5) is 9.05. The molecule has 7 rings (SSSR count). The summed E-state index contributed by atoms with van der Waals surface area (Å²) in [6.45, 7) is 4.60. The van der Waals surface area contributed by atoms with Gasteiger partial charge in [0.25, 0.3) is 0 Å². The number of aromatic nitrogens is 2. The van der Waals surface area contributed by atoms with Crippen molar-refractivity contribution in [3.63, 3.8) is 0 Å². The van der Waals surface area contributed by atoms with Gasteiger partial charge >= 0.3 is 0 Å². The van der Waals surface area contributed by atoms with E-state index in [-0.39, 0.29) is 25.5 Å². The molecule has 0 fully saturated rings. The van der Waals surface area contributed by atoms with E-state index in [1.165, 1.54) is 27.6 Å². The molecule has 1 aliphatic carbocycles. The number of fused-ring (bicyclic) bond motifs is 4. The number of nitrogens with zero attached hydrogens (tertiary/aromatic N) is 2. The van der Waals surface area contributed by atoms with Crippen LogP contribution in [0, 0.1) is 12.1 Å². The first kappa shape index (κ1) is 25.7. The second-order valence-corrected chi connectivity index (χ2v) is 9.73. The third kappa shape index (κ3) is 4.84. The maximum absolute atomic E-state index is 4.84. The van der Waals surface area contributed by atoms with Crippen LogP contribution in [0.2, 0.25) is 0 Å². The van der Waals surface area contributed by atoms with Gasteiger partial charge in [-0.3, -0.25) is 4.98 Å². The van der Waals surface area contributed by atoms with E-state index >= 15 is 0 Å². The Morgan fingerprint density at radius 3 is 2.24 bits per heavy atom. The number of para-hydroxylation sites is 1. The normalized spacial score (nSPS) is 12.5. The third-order valence-electron chi connectivity index (χ3n) is 7.04. The molecule has 0 saturated carbocycles. The fraction of sp³-hybridized carbons (Fsp3) is 0.0857. The van der Waals surface area contributed by atoms with Crippen molar-refractivity contribution < 1.29 is 20.1 Å². The number of benzene rings is 4. The predicted octanol–water partition coefficient (Wildman–Crippen LogP) is 8.55. The Balaban J connectivity index is 0.000000191. The Kier molecular flexibility index (Phi) is 7.33. The molecule has 4 aromatic carbocycles. The van der Waals surface area contributed by atoms with Crippen LogP contribution in [-0.4, -0.2) is 9.97 Å². The van der Waals surface area contributed by atoms with Crippen LogP contribution < -0.4 is 0 Å². The monoisotopic (exact) mass is 667 g/mol. The van der Waals surface area contributed by atoms with Crippen molar-refractivity contribution in [3.05, 3.63) is 145 Å². The Bertz CT molecular complexity index is 1650. The zero-order chi connectivity index (χ0) is 25.2. The Hall–Kier alpha value is -3.91. The van der Waals surface area contributed by atoms with E-state index in [2.05, 4.69) is 91.6 Å². The molecule has 2 aromatic heterocycles. The van der Waals surface area contributed by atoms with Gasteiger partial charge in [-0.05, 0) is 39.9 Å². The van der Waals surface area contributed by atoms with E-state index in [1.807, 2.05) is 54.6 Å². The van der Waals surface area contributed by atoms with Crippen molar-refractivity contribution in [2.24, 2.45) is 0 Å². The molecule has 0 amide bonds. The zero-order valence-electron chi connectivity index (χ0n) is 21.3. The molecule has 0 bridgehead atoms. The minimum absolute atomic E-state index is 0. The summed E-state index contributed by atoms with van der Waals surface area (Å²) in [7, 11) is 0. The van der Waals surface area contributed by atoms with Crippen molar-refractivity contribution in [2.45, 2.75) is 19.3 Å². The summed E-state index contributed by atoms with van der Waals surface area (Å²) >= 11 is 0. The smallest absolute Gasteiger partial charge is 0.0595 e. The maximum atomic E-state index is 4.84. The minimum atomic E-state index is 0. The average Bonchev–Trinajstić information content (AvgIpc) is 3.20. The Morgan fingerprint density at radius 1 is 0.632 bits per heavy atom. The molecule has 6 aromatic rings. The number of hydrogen-bond acceptors (Lipinski definition) is 2. The topological polar surface area (TPSA) is 25.8 Å². The molecule has 1 radical (unpaired) electrons. The van der Waals surface area contributed by atoms with E-state index in [0.29, 0.717) is 0 Å². The molecule has 3 heteroatoms. The van der Waals surface area contributed by atoms with Gasteiger partial charge in [-0.1, -0.05) is 91.7 Å². The van der Waals surface area contributed by atoms with E-state index in [9.17, 15) is 0 Å². The number of pyridine rings is 2. The molecule has 0 atom stereocenters. The van der Waals surface area contributed by atoms with E-state index < -0.39 is 0 Å². The predicted molar refractivity (Wildman–Crippen MR) is 152 cm³/mol. The SMILES string of the molecule is CC1(C)c2ccccc2-c2c[c-]c(-c3ccc4ccccc4n3)cc21.[Ir].[c-]1ccccc1-c1ccccn1. The van der Waals surface area contributed by atoms with E-state index in [4.69, 9.17) is 4.98 Å². The Labute approximate surface area is 237 Å². The quantitative estimate of drug-likeness (QED) is 0.173. The fourth-order valence-electron chi connectivity index (χ4n) is 5.08. The number of hydrogen-bond donors (Lipinski definition) is 0. The molecule has 0 saturated heterocycles. The average molecular weight is 667 g/mol. The largest absolute Gasteiger partial charge is 0.305 e. The molecule has 187 valence electrons. The van der Waals surface area contributed by atoms with Crippen molar-refractivity contribution in [1.29, 1.82) is 0 Å². The van der Waals surface area contributed by atoms with Gasteiger partial charge < -0.3 is 4.98 Å². The summed E-state index contributed by atoms with van der Waals surface area (Å²) in [6.07, 6.45) is 1.79. The van der Waals surface area contributed by atoms with Gasteiger partial charge in [0, 0.05) is 26.3 Å². The van der Waals surface area contributed by atoms with Crippen molar-refractivity contribution in [3.8, 4) is 33.6 Å². The minimum Gasteiger partial charge on any atom is -0.305 e.